The van der Waals surface area contributed by atoms with E-state index in [-0.39, 0.29) is 36.1 Å². The SMILES string of the molecule is Cc1ccc([N+](=O)[O-])cc1NC(=O)CCNC(=O)NC12CC3CC(CC(C3)C1)C2. The number of anilines is 1. The fourth-order valence-electron chi connectivity index (χ4n) is 5.91. The van der Waals surface area contributed by atoms with Crippen LogP contribution in [0.15, 0.2) is 18.2 Å². The molecule has 0 atom stereocenters. The van der Waals surface area contributed by atoms with E-state index in [1.54, 1.807) is 13.0 Å². The summed E-state index contributed by atoms with van der Waals surface area (Å²) in [5.74, 6) is 1.98. The van der Waals surface area contributed by atoms with Gasteiger partial charge in [-0.15, -0.1) is 0 Å². The highest BCUT2D eigenvalue weighted by Crippen LogP contribution is 2.55. The predicted molar refractivity (Wildman–Crippen MR) is 109 cm³/mol. The summed E-state index contributed by atoms with van der Waals surface area (Å²) in [5, 5.41) is 19.6. The minimum atomic E-state index is -0.495. The van der Waals surface area contributed by atoms with Gasteiger partial charge in [0.15, 0.2) is 0 Å². The Bertz CT molecular complexity index is 803. The molecule has 4 fully saturated rings. The number of nitro groups is 1. The number of nitro benzene ring substituents is 1. The summed E-state index contributed by atoms with van der Waals surface area (Å²) in [6, 6.07) is 4.15. The van der Waals surface area contributed by atoms with Crippen molar-refractivity contribution >= 4 is 23.3 Å². The van der Waals surface area contributed by atoms with Crippen LogP contribution in [0.4, 0.5) is 16.2 Å². The Morgan fingerprint density at radius 3 is 2.34 bits per heavy atom. The molecule has 3 N–H and O–H groups in total. The van der Waals surface area contributed by atoms with Crippen LogP contribution in [0, 0.1) is 34.8 Å². The maximum absolute atomic E-state index is 12.4. The molecule has 4 aliphatic carbocycles. The van der Waals surface area contributed by atoms with Crippen LogP contribution in [-0.4, -0.2) is 28.9 Å². The van der Waals surface area contributed by atoms with Gasteiger partial charge in [-0.1, -0.05) is 6.07 Å². The molecule has 0 radical (unpaired) electrons. The molecule has 0 spiro atoms. The van der Waals surface area contributed by atoms with Crippen LogP contribution < -0.4 is 16.0 Å². The molecule has 0 aromatic heterocycles. The zero-order chi connectivity index (χ0) is 20.6. The van der Waals surface area contributed by atoms with Crippen LogP contribution in [0.3, 0.4) is 0 Å². The van der Waals surface area contributed by atoms with Gasteiger partial charge in [0.05, 0.1) is 10.6 Å². The Labute approximate surface area is 170 Å². The molecule has 4 aliphatic rings. The van der Waals surface area contributed by atoms with Gasteiger partial charge in [-0.2, -0.15) is 0 Å². The molecule has 8 heteroatoms. The summed E-state index contributed by atoms with van der Waals surface area (Å²) in [6.07, 6.45) is 7.31. The number of non-ortho nitro benzene ring substituents is 1. The second-order valence-electron chi connectivity index (χ2n) is 9.13. The summed E-state index contributed by atoms with van der Waals surface area (Å²) >= 11 is 0. The molecule has 4 saturated carbocycles. The van der Waals surface area contributed by atoms with Gasteiger partial charge in [-0.05, 0) is 68.8 Å². The summed E-state index contributed by atoms with van der Waals surface area (Å²) in [5.41, 5.74) is 1.04. The molecule has 0 unspecified atom stereocenters. The van der Waals surface area contributed by atoms with Crippen molar-refractivity contribution in [3.05, 3.63) is 33.9 Å². The Morgan fingerprint density at radius 1 is 1.14 bits per heavy atom. The number of carbonyl (C=O) groups is 2. The lowest BCUT2D eigenvalue weighted by molar-refractivity contribution is -0.384. The number of carbonyl (C=O) groups excluding carboxylic acids is 2. The number of urea groups is 1. The average molecular weight is 400 g/mol. The molecule has 156 valence electrons. The van der Waals surface area contributed by atoms with Gasteiger partial charge < -0.3 is 16.0 Å². The van der Waals surface area contributed by atoms with Crippen LogP contribution in [0.2, 0.25) is 0 Å². The van der Waals surface area contributed by atoms with Gasteiger partial charge in [-0.3, -0.25) is 14.9 Å². The molecular weight excluding hydrogens is 372 g/mol. The Morgan fingerprint density at radius 2 is 1.76 bits per heavy atom. The second-order valence-corrected chi connectivity index (χ2v) is 9.13. The molecule has 0 heterocycles. The fraction of sp³-hybridized carbons (Fsp3) is 0.619. The van der Waals surface area contributed by atoms with Gasteiger partial charge in [0, 0.05) is 30.6 Å². The molecule has 5 rings (SSSR count). The molecule has 0 saturated heterocycles. The van der Waals surface area contributed by atoms with Crippen molar-refractivity contribution in [2.24, 2.45) is 17.8 Å². The summed E-state index contributed by atoms with van der Waals surface area (Å²) in [7, 11) is 0. The summed E-state index contributed by atoms with van der Waals surface area (Å²) in [4.78, 5) is 35.0. The smallest absolute Gasteiger partial charge is 0.315 e. The molecule has 8 nitrogen and oxygen atoms in total. The number of nitrogens with zero attached hydrogens (tertiary/aromatic N) is 1. The third-order valence-electron chi connectivity index (χ3n) is 6.76. The van der Waals surface area contributed by atoms with E-state index in [0.29, 0.717) is 5.69 Å². The van der Waals surface area contributed by atoms with Gasteiger partial charge in [0.2, 0.25) is 5.91 Å². The maximum Gasteiger partial charge on any atom is 0.315 e. The maximum atomic E-state index is 12.4. The largest absolute Gasteiger partial charge is 0.338 e. The van der Waals surface area contributed by atoms with E-state index in [1.807, 2.05) is 0 Å². The Hall–Kier alpha value is -2.64. The summed E-state index contributed by atoms with van der Waals surface area (Å²) in [6.45, 7) is 1.99. The van der Waals surface area contributed by atoms with Crippen molar-refractivity contribution < 1.29 is 14.5 Å². The lowest BCUT2D eigenvalue weighted by Gasteiger charge is -2.56. The van der Waals surface area contributed by atoms with Crippen molar-refractivity contribution in [1.82, 2.24) is 10.6 Å². The van der Waals surface area contributed by atoms with Gasteiger partial charge >= 0.3 is 6.03 Å². The van der Waals surface area contributed by atoms with Crippen molar-refractivity contribution in [3.8, 4) is 0 Å². The first-order valence-corrected chi connectivity index (χ1v) is 10.4. The van der Waals surface area contributed by atoms with Crippen molar-refractivity contribution in [2.75, 3.05) is 11.9 Å². The Balaban J connectivity index is 1.24. The van der Waals surface area contributed by atoms with Crippen LogP contribution >= 0.6 is 0 Å². The van der Waals surface area contributed by atoms with Crippen molar-refractivity contribution in [3.63, 3.8) is 0 Å². The number of aryl methyl sites for hydroxylation is 1. The first-order chi connectivity index (χ1) is 13.8. The van der Waals surface area contributed by atoms with Crippen molar-refractivity contribution in [1.29, 1.82) is 0 Å². The first-order valence-electron chi connectivity index (χ1n) is 10.4. The van der Waals surface area contributed by atoms with E-state index in [1.165, 1.54) is 31.4 Å². The highest BCUT2D eigenvalue weighted by Gasteiger charge is 2.51. The van der Waals surface area contributed by atoms with Gasteiger partial charge in [0.25, 0.3) is 5.69 Å². The number of hydrogen-bond donors (Lipinski definition) is 3. The first kappa shape index (κ1) is 19.7. The van der Waals surface area contributed by atoms with E-state index >= 15 is 0 Å². The molecule has 4 bridgehead atoms. The monoisotopic (exact) mass is 400 g/mol. The molecule has 1 aromatic carbocycles. The molecule has 3 amide bonds. The van der Waals surface area contributed by atoms with Crippen LogP contribution in [-0.2, 0) is 4.79 Å². The fourth-order valence-corrected chi connectivity index (χ4v) is 5.91. The van der Waals surface area contributed by atoms with E-state index in [4.69, 9.17) is 0 Å². The molecule has 29 heavy (non-hydrogen) atoms. The highest BCUT2D eigenvalue weighted by molar-refractivity contribution is 5.92. The molecular formula is C21H28N4O4. The third-order valence-corrected chi connectivity index (χ3v) is 6.76. The zero-order valence-electron chi connectivity index (χ0n) is 16.7. The van der Waals surface area contributed by atoms with Crippen molar-refractivity contribution in [2.45, 2.75) is 57.4 Å². The van der Waals surface area contributed by atoms with E-state index in [2.05, 4.69) is 16.0 Å². The van der Waals surface area contributed by atoms with Gasteiger partial charge in [0.1, 0.15) is 0 Å². The van der Waals surface area contributed by atoms with Crippen LogP contribution in [0.5, 0.6) is 0 Å². The normalized spacial score (nSPS) is 29.3. The highest BCUT2D eigenvalue weighted by atomic mass is 16.6. The van der Waals surface area contributed by atoms with E-state index < -0.39 is 4.92 Å². The lowest BCUT2D eigenvalue weighted by Crippen LogP contribution is -2.61. The molecule has 1 aromatic rings. The second kappa shape index (κ2) is 7.65. The Kier molecular flexibility index (Phi) is 5.19. The number of rotatable bonds is 6. The topological polar surface area (TPSA) is 113 Å². The number of nitrogens with one attached hydrogen (secondary N) is 3. The standard InChI is InChI=1S/C21H28N4O4/c1-13-2-3-17(25(28)29)9-18(13)23-19(26)4-5-22-20(27)24-21-10-14-6-15(11-21)8-16(7-14)12-21/h2-3,9,14-16H,4-8,10-12H2,1H3,(H,23,26)(H2,22,24,27). The number of hydrogen-bond acceptors (Lipinski definition) is 4. The predicted octanol–water partition coefficient (Wildman–Crippen LogP) is 3.50. The summed E-state index contributed by atoms with van der Waals surface area (Å²) < 4.78 is 0. The third kappa shape index (κ3) is 4.36. The minimum Gasteiger partial charge on any atom is -0.338 e. The van der Waals surface area contributed by atoms with Gasteiger partial charge in [-0.25, -0.2) is 4.79 Å². The average Bonchev–Trinajstić information content (AvgIpc) is 2.61. The quantitative estimate of drug-likeness (QED) is 0.501. The zero-order valence-corrected chi connectivity index (χ0v) is 16.7. The van der Waals surface area contributed by atoms with Crippen LogP contribution in [0.25, 0.3) is 0 Å². The number of benzene rings is 1. The number of amides is 3. The molecule has 0 aliphatic heterocycles. The van der Waals surface area contributed by atoms with E-state index in [9.17, 15) is 19.7 Å². The minimum absolute atomic E-state index is 0.0544. The van der Waals surface area contributed by atoms with Crippen LogP contribution in [0.1, 0.15) is 50.5 Å². The lowest BCUT2D eigenvalue weighted by atomic mass is 9.53. The van der Waals surface area contributed by atoms with E-state index in [0.717, 1.165) is 42.6 Å².